The number of hydrogen-bond donors (Lipinski definition) is 2. The molecule has 1 aliphatic rings. The van der Waals surface area contributed by atoms with Crippen molar-refractivity contribution in [2.75, 3.05) is 13.2 Å². The number of aromatic nitrogens is 1. The monoisotopic (exact) mass is 346 g/mol. The van der Waals surface area contributed by atoms with Crippen molar-refractivity contribution >= 4 is 23.5 Å². The Morgan fingerprint density at radius 2 is 2.00 bits per heavy atom. The Morgan fingerprint density at radius 3 is 2.58 bits per heavy atom. The molecule has 1 amide bonds. The number of nitrogens with one attached hydrogen (secondary N) is 2. The fraction of sp³-hybridized carbons (Fsp3) is 0.333. The van der Waals surface area contributed by atoms with Crippen molar-refractivity contribution in [2.24, 2.45) is 0 Å². The number of H-pyrrole nitrogens is 1. The highest BCUT2D eigenvalue weighted by molar-refractivity contribution is 6.30. The standard InChI is InChI=1S/C18H19ClN2O3/c19-14-9-15(20-10-14)17(23)24-11-16(22)21-12-18(7-4-8-18)13-5-2-1-3-6-13/h1-3,5-6,9-10,20H,4,7-8,11-12H2,(H,21,22). The van der Waals surface area contributed by atoms with Gasteiger partial charge in [-0.3, -0.25) is 4.79 Å². The van der Waals surface area contributed by atoms with E-state index < -0.39 is 5.97 Å². The molecule has 0 spiro atoms. The van der Waals surface area contributed by atoms with Gasteiger partial charge in [0.05, 0.1) is 5.02 Å². The average molecular weight is 347 g/mol. The molecule has 1 saturated carbocycles. The highest BCUT2D eigenvalue weighted by Gasteiger charge is 2.38. The van der Waals surface area contributed by atoms with Gasteiger partial charge in [-0.1, -0.05) is 48.4 Å². The van der Waals surface area contributed by atoms with E-state index in [0.717, 1.165) is 19.3 Å². The van der Waals surface area contributed by atoms with E-state index in [0.29, 0.717) is 11.6 Å². The van der Waals surface area contributed by atoms with E-state index in [4.69, 9.17) is 16.3 Å². The van der Waals surface area contributed by atoms with Gasteiger partial charge in [-0.05, 0) is 24.5 Å². The summed E-state index contributed by atoms with van der Waals surface area (Å²) in [5.41, 5.74) is 1.48. The predicted octanol–water partition coefficient (Wildman–Crippen LogP) is 3.06. The largest absolute Gasteiger partial charge is 0.451 e. The predicted molar refractivity (Wildman–Crippen MR) is 91.1 cm³/mol. The zero-order valence-electron chi connectivity index (χ0n) is 13.2. The molecule has 0 unspecified atom stereocenters. The third kappa shape index (κ3) is 3.62. The molecule has 0 radical (unpaired) electrons. The zero-order valence-corrected chi connectivity index (χ0v) is 13.9. The quantitative estimate of drug-likeness (QED) is 0.790. The molecule has 126 valence electrons. The summed E-state index contributed by atoms with van der Waals surface area (Å²) < 4.78 is 4.98. The molecular weight excluding hydrogens is 328 g/mol. The molecule has 5 nitrogen and oxygen atoms in total. The van der Waals surface area contributed by atoms with Crippen molar-refractivity contribution in [3.05, 3.63) is 58.9 Å². The smallest absolute Gasteiger partial charge is 0.355 e. The van der Waals surface area contributed by atoms with Crippen LogP contribution in [0.5, 0.6) is 0 Å². The van der Waals surface area contributed by atoms with Gasteiger partial charge in [0.15, 0.2) is 6.61 Å². The van der Waals surface area contributed by atoms with Crippen LogP contribution < -0.4 is 5.32 Å². The molecule has 0 atom stereocenters. The Morgan fingerprint density at radius 1 is 1.25 bits per heavy atom. The molecule has 6 heteroatoms. The Bertz CT molecular complexity index is 723. The van der Waals surface area contributed by atoms with E-state index in [9.17, 15) is 9.59 Å². The molecule has 2 aromatic rings. The van der Waals surface area contributed by atoms with Crippen LogP contribution >= 0.6 is 11.6 Å². The number of rotatable bonds is 6. The Labute approximate surface area is 145 Å². The SMILES string of the molecule is O=C(COC(=O)c1cc(Cl)c[nH]1)NCC1(c2ccccc2)CCC1. The summed E-state index contributed by atoms with van der Waals surface area (Å²) in [6.07, 6.45) is 4.75. The third-order valence-electron chi connectivity index (χ3n) is 4.52. The minimum absolute atomic E-state index is 0.00785. The van der Waals surface area contributed by atoms with Crippen molar-refractivity contribution in [2.45, 2.75) is 24.7 Å². The van der Waals surface area contributed by atoms with E-state index in [-0.39, 0.29) is 23.6 Å². The number of carbonyl (C=O) groups excluding carboxylic acids is 2. The lowest BCUT2D eigenvalue weighted by molar-refractivity contribution is -0.124. The highest BCUT2D eigenvalue weighted by Crippen LogP contribution is 2.43. The van der Waals surface area contributed by atoms with Crippen LogP contribution in [0.4, 0.5) is 0 Å². The first kappa shape index (κ1) is 16.6. The minimum atomic E-state index is -0.599. The van der Waals surface area contributed by atoms with E-state index in [2.05, 4.69) is 22.4 Å². The van der Waals surface area contributed by atoms with Gasteiger partial charge in [-0.25, -0.2) is 4.79 Å². The van der Waals surface area contributed by atoms with E-state index in [1.807, 2.05) is 18.2 Å². The second kappa shape index (κ2) is 7.09. The van der Waals surface area contributed by atoms with Gasteiger partial charge >= 0.3 is 5.97 Å². The summed E-state index contributed by atoms with van der Waals surface area (Å²) in [5, 5.41) is 3.30. The van der Waals surface area contributed by atoms with Gasteiger partial charge in [0, 0.05) is 18.2 Å². The molecule has 1 fully saturated rings. The van der Waals surface area contributed by atoms with Crippen molar-refractivity contribution in [3.8, 4) is 0 Å². The maximum Gasteiger partial charge on any atom is 0.355 e. The maximum absolute atomic E-state index is 12.0. The Balaban J connectivity index is 1.49. The molecule has 24 heavy (non-hydrogen) atoms. The highest BCUT2D eigenvalue weighted by atomic mass is 35.5. The van der Waals surface area contributed by atoms with Crippen LogP contribution in [0.15, 0.2) is 42.6 Å². The number of aromatic amines is 1. The lowest BCUT2D eigenvalue weighted by Gasteiger charge is -2.42. The van der Waals surface area contributed by atoms with Crippen LogP contribution in [0.1, 0.15) is 35.3 Å². The first-order valence-electron chi connectivity index (χ1n) is 7.92. The summed E-state index contributed by atoms with van der Waals surface area (Å²) in [5.74, 6) is -0.901. The van der Waals surface area contributed by atoms with E-state index in [1.165, 1.54) is 17.8 Å². The number of ether oxygens (including phenoxy) is 1. The average Bonchev–Trinajstić information content (AvgIpc) is 2.99. The summed E-state index contributed by atoms with van der Waals surface area (Å²) >= 11 is 5.73. The van der Waals surface area contributed by atoms with Crippen LogP contribution in [-0.2, 0) is 14.9 Å². The van der Waals surface area contributed by atoms with Gasteiger partial charge in [0.1, 0.15) is 5.69 Å². The van der Waals surface area contributed by atoms with Gasteiger partial charge < -0.3 is 15.0 Å². The molecule has 0 aliphatic heterocycles. The summed E-state index contributed by atoms with van der Waals surface area (Å²) in [6.45, 7) is 0.252. The van der Waals surface area contributed by atoms with Crippen molar-refractivity contribution < 1.29 is 14.3 Å². The molecular formula is C18H19ClN2O3. The molecule has 1 aromatic carbocycles. The second-order valence-corrected chi connectivity index (χ2v) is 6.52. The van der Waals surface area contributed by atoms with Crippen molar-refractivity contribution in [1.29, 1.82) is 0 Å². The van der Waals surface area contributed by atoms with Crippen LogP contribution in [-0.4, -0.2) is 30.0 Å². The van der Waals surface area contributed by atoms with Gasteiger partial charge in [-0.15, -0.1) is 0 Å². The summed E-state index contributed by atoms with van der Waals surface area (Å²) in [4.78, 5) is 26.4. The topological polar surface area (TPSA) is 71.2 Å². The van der Waals surface area contributed by atoms with E-state index in [1.54, 1.807) is 0 Å². The molecule has 3 rings (SSSR count). The fourth-order valence-corrected chi connectivity index (χ4v) is 3.14. The number of halogens is 1. The second-order valence-electron chi connectivity index (χ2n) is 6.08. The lowest BCUT2D eigenvalue weighted by Crippen LogP contribution is -2.46. The van der Waals surface area contributed by atoms with Crippen LogP contribution in [0.25, 0.3) is 0 Å². The first-order chi connectivity index (χ1) is 11.6. The Kier molecular flexibility index (Phi) is 4.90. The normalized spacial score (nSPS) is 15.4. The van der Waals surface area contributed by atoms with Crippen LogP contribution in [0.3, 0.4) is 0 Å². The molecule has 1 aliphatic carbocycles. The van der Waals surface area contributed by atoms with Gasteiger partial charge in [0.2, 0.25) is 0 Å². The lowest BCUT2D eigenvalue weighted by atomic mass is 9.64. The maximum atomic E-state index is 12.0. The Hall–Kier alpha value is -2.27. The number of amides is 1. The summed E-state index contributed by atoms with van der Waals surface area (Å²) in [6, 6.07) is 11.7. The fourth-order valence-electron chi connectivity index (χ4n) is 2.98. The summed E-state index contributed by atoms with van der Waals surface area (Å²) in [7, 11) is 0. The molecule has 0 bridgehead atoms. The number of hydrogen-bond acceptors (Lipinski definition) is 3. The minimum Gasteiger partial charge on any atom is -0.451 e. The molecule has 2 N–H and O–H groups in total. The molecule has 1 heterocycles. The van der Waals surface area contributed by atoms with Gasteiger partial charge in [0.25, 0.3) is 5.91 Å². The zero-order chi connectivity index (χ0) is 17.0. The number of esters is 1. The first-order valence-corrected chi connectivity index (χ1v) is 8.30. The van der Waals surface area contributed by atoms with Crippen LogP contribution in [0, 0.1) is 0 Å². The molecule has 1 aromatic heterocycles. The van der Waals surface area contributed by atoms with Crippen LogP contribution in [0.2, 0.25) is 5.02 Å². The van der Waals surface area contributed by atoms with Crippen molar-refractivity contribution in [3.63, 3.8) is 0 Å². The number of carbonyl (C=O) groups is 2. The van der Waals surface area contributed by atoms with Gasteiger partial charge in [-0.2, -0.15) is 0 Å². The van der Waals surface area contributed by atoms with Crippen molar-refractivity contribution in [1.82, 2.24) is 10.3 Å². The van der Waals surface area contributed by atoms with E-state index >= 15 is 0 Å². The molecule has 0 saturated heterocycles. The third-order valence-corrected chi connectivity index (χ3v) is 4.74. The number of benzene rings is 1.